The second-order valence-electron chi connectivity index (χ2n) is 2.93. The molecule has 0 aliphatic rings. The van der Waals surface area contributed by atoms with E-state index in [2.05, 4.69) is 0 Å². The van der Waals surface area contributed by atoms with Gasteiger partial charge in [-0.15, -0.1) is 0 Å². The van der Waals surface area contributed by atoms with Crippen LogP contribution < -0.4 is 5.73 Å². The lowest BCUT2D eigenvalue weighted by atomic mass is 10.3. The van der Waals surface area contributed by atoms with E-state index in [0.717, 1.165) is 0 Å². The average Bonchev–Trinajstić information content (AvgIpc) is 2.17. The molecule has 2 N–H and O–H groups in total. The van der Waals surface area contributed by atoms with Gasteiger partial charge < -0.3 is 10.5 Å². The Labute approximate surface area is 90.9 Å². The largest absolute Gasteiger partial charge is 0.398 e. The molecule has 0 amide bonds. The minimum atomic E-state index is -1.22. The summed E-state index contributed by atoms with van der Waals surface area (Å²) in [5, 5.41) is 0. The summed E-state index contributed by atoms with van der Waals surface area (Å²) in [5.41, 5.74) is 5.78. The molecule has 1 unspecified atom stereocenters. The quantitative estimate of drug-likeness (QED) is 0.618. The molecule has 1 aromatic carbocycles. The highest BCUT2D eigenvalue weighted by Gasteiger charge is 2.08. The van der Waals surface area contributed by atoms with Gasteiger partial charge in [0, 0.05) is 6.61 Å². The standard InChI is InChI=1S/C10H14FNO2S/c1-2-14-5-6-15(13)10-4-3-8(11)7-9(10)12/h3-4,7H,2,5-6,12H2,1H3. The summed E-state index contributed by atoms with van der Waals surface area (Å²) in [6, 6.07) is 3.88. The Kier molecular flexibility index (Phi) is 4.71. The first-order chi connectivity index (χ1) is 7.15. The Balaban J connectivity index is 2.65. The molecular formula is C10H14FNO2S. The van der Waals surface area contributed by atoms with Crippen LogP contribution in [0.25, 0.3) is 0 Å². The fourth-order valence-corrected chi connectivity index (χ4v) is 2.15. The SMILES string of the molecule is CCOCCS(=O)c1ccc(F)cc1N. The lowest BCUT2D eigenvalue weighted by molar-refractivity contribution is 0.164. The lowest BCUT2D eigenvalue weighted by Crippen LogP contribution is -2.08. The van der Waals surface area contributed by atoms with Crippen molar-refractivity contribution < 1.29 is 13.3 Å². The fraction of sp³-hybridized carbons (Fsp3) is 0.400. The topological polar surface area (TPSA) is 52.3 Å². The van der Waals surface area contributed by atoms with Gasteiger partial charge in [0.1, 0.15) is 5.82 Å². The summed E-state index contributed by atoms with van der Waals surface area (Å²) in [6.45, 7) is 2.88. The summed E-state index contributed by atoms with van der Waals surface area (Å²) in [6.07, 6.45) is 0. The molecule has 0 aliphatic heterocycles. The molecule has 0 fully saturated rings. The molecule has 1 aromatic rings. The number of ether oxygens (including phenoxy) is 1. The molecule has 0 aliphatic carbocycles. The van der Waals surface area contributed by atoms with E-state index in [1.54, 1.807) is 0 Å². The van der Waals surface area contributed by atoms with Crippen molar-refractivity contribution in [1.29, 1.82) is 0 Å². The van der Waals surface area contributed by atoms with Crippen LogP contribution in [0.1, 0.15) is 6.92 Å². The first kappa shape index (κ1) is 12.1. The van der Waals surface area contributed by atoms with Crippen molar-refractivity contribution >= 4 is 16.5 Å². The maximum Gasteiger partial charge on any atom is 0.125 e. The molecule has 0 spiro atoms. The highest BCUT2D eigenvalue weighted by Crippen LogP contribution is 2.17. The first-order valence-electron chi connectivity index (χ1n) is 4.66. The summed E-state index contributed by atoms with van der Waals surface area (Å²) in [4.78, 5) is 0.469. The van der Waals surface area contributed by atoms with Gasteiger partial charge in [0.2, 0.25) is 0 Å². The first-order valence-corrected chi connectivity index (χ1v) is 5.98. The van der Waals surface area contributed by atoms with Gasteiger partial charge in [-0.2, -0.15) is 0 Å². The molecule has 0 aromatic heterocycles. The maximum atomic E-state index is 12.7. The summed E-state index contributed by atoms with van der Waals surface area (Å²) in [5.74, 6) is -0.0398. The molecule has 1 atom stereocenters. The van der Waals surface area contributed by atoms with Crippen LogP contribution >= 0.6 is 0 Å². The van der Waals surface area contributed by atoms with E-state index in [9.17, 15) is 8.60 Å². The second kappa shape index (κ2) is 5.82. The number of nitrogens with two attached hydrogens (primary N) is 1. The van der Waals surface area contributed by atoms with E-state index in [-0.39, 0.29) is 5.69 Å². The Bertz CT molecular complexity index is 357. The molecule has 5 heteroatoms. The third-order valence-electron chi connectivity index (χ3n) is 1.83. The lowest BCUT2D eigenvalue weighted by Gasteiger charge is -2.05. The second-order valence-corrected chi connectivity index (χ2v) is 4.47. The molecular weight excluding hydrogens is 217 g/mol. The van der Waals surface area contributed by atoms with Gasteiger partial charge in [0.25, 0.3) is 0 Å². The van der Waals surface area contributed by atoms with Crippen LogP contribution in [0, 0.1) is 5.82 Å². The zero-order valence-corrected chi connectivity index (χ0v) is 9.35. The molecule has 0 saturated heterocycles. The third kappa shape index (κ3) is 3.60. The van der Waals surface area contributed by atoms with Crippen LogP contribution in [0.5, 0.6) is 0 Å². The summed E-state index contributed by atoms with van der Waals surface area (Å²) < 4.78 is 29.5. The molecule has 15 heavy (non-hydrogen) atoms. The number of nitrogen functional groups attached to an aromatic ring is 1. The number of anilines is 1. The van der Waals surface area contributed by atoms with Crippen molar-refractivity contribution in [3.8, 4) is 0 Å². The Morgan fingerprint density at radius 2 is 2.27 bits per heavy atom. The monoisotopic (exact) mass is 231 g/mol. The summed E-state index contributed by atoms with van der Waals surface area (Å²) in [7, 11) is -1.22. The van der Waals surface area contributed by atoms with Crippen molar-refractivity contribution in [2.75, 3.05) is 24.7 Å². The van der Waals surface area contributed by atoms with E-state index in [1.165, 1.54) is 18.2 Å². The highest BCUT2D eigenvalue weighted by atomic mass is 32.2. The highest BCUT2D eigenvalue weighted by molar-refractivity contribution is 7.85. The van der Waals surface area contributed by atoms with E-state index in [4.69, 9.17) is 10.5 Å². The van der Waals surface area contributed by atoms with Gasteiger partial charge in [-0.25, -0.2) is 4.39 Å². The number of halogens is 1. The molecule has 0 saturated carbocycles. The van der Waals surface area contributed by atoms with Crippen molar-refractivity contribution in [2.45, 2.75) is 11.8 Å². The minimum Gasteiger partial charge on any atom is -0.398 e. The van der Waals surface area contributed by atoms with Gasteiger partial charge in [0.05, 0.1) is 33.7 Å². The van der Waals surface area contributed by atoms with Crippen molar-refractivity contribution in [1.82, 2.24) is 0 Å². The predicted molar refractivity (Wildman–Crippen MR) is 58.6 cm³/mol. The Morgan fingerprint density at radius 3 is 2.87 bits per heavy atom. The van der Waals surface area contributed by atoms with Crippen LogP contribution in [-0.2, 0) is 15.5 Å². The van der Waals surface area contributed by atoms with Gasteiger partial charge in [0.15, 0.2) is 0 Å². The number of benzene rings is 1. The zero-order valence-electron chi connectivity index (χ0n) is 8.53. The number of rotatable bonds is 5. The van der Waals surface area contributed by atoms with E-state index in [1.807, 2.05) is 6.92 Å². The smallest absolute Gasteiger partial charge is 0.125 e. The van der Waals surface area contributed by atoms with Gasteiger partial charge >= 0.3 is 0 Å². The predicted octanol–water partition coefficient (Wildman–Crippen LogP) is 1.55. The average molecular weight is 231 g/mol. The Hall–Kier alpha value is -0.940. The van der Waals surface area contributed by atoms with Gasteiger partial charge in [-0.05, 0) is 25.1 Å². The normalized spacial score (nSPS) is 12.7. The van der Waals surface area contributed by atoms with Crippen LogP contribution in [0.3, 0.4) is 0 Å². The third-order valence-corrected chi connectivity index (χ3v) is 3.23. The molecule has 3 nitrogen and oxygen atoms in total. The molecule has 0 heterocycles. The fourth-order valence-electron chi connectivity index (χ4n) is 1.12. The summed E-state index contributed by atoms with van der Waals surface area (Å²) >= 11 is 0. The molecule has 0 bridgehead atoms. The van der Waals surface area contributed by atoms with Crippen LogP contribution in [0.4, 0.5) is 10.1 Å². The van der Waals surface area contributed by atoms with Gasteiger partial charge in [-0.3, -0.25) is 4.21 Å². The molecule has 1 rings (SSSR count). The zero-order chi connectivity index (χ0) is 11.3. The van der Waals surface area contributed by atoms with Crippen LogP contribution in [-0.4, -0.2) is 23.2 Å². The molecule has 0 radical (unpaired) electrons. The maximum absolute atomic E-state index is 12.7. The van der Waals surface area contributed by atoms with Gasteiger partial charge in [-0.1, -0.05) is 0 Å². The van der Waals surface area contributed by atoms with E-state index >= 15 is 0 Å². The minimum absolute atomic E-state index is 0.227. The van der Waals surface area contributed by atoms with Crippen molar-refractivity contribution in [3.63, 3.8) is 0 Å². The van der Waals surface area contributed by atoms with Crippen molar-refractivity contribution in [3.05, 3.63) is 24.0 Å². The number of hydrogen-bond acceptors (Lipinski definition) is 3. The molecule has 84 valence electrons. The van der Waals surface area contributed by atoms with Crippen molar-refractivity contribution in [2.24, 2.45) is 0 Å². The van der Waals surface area contributed by atoms with E-state index < -0.39 is 16.6 Å². The van der Waals surface area contributed by atoms with E-state index in [0.29, 0.717) is 23.9 Å². The Morgan fingerprint density at radius 1 is 1.53 bits per heavy atom. The van der Waals surface area contributed by atoms with Crippen LogP contribution in [0.2, 0.25) is 0 Å². The van der Waals surface area contributed by atoms with Crippen LogP contribution in [0.15, 0.2) is 23.1 Å². The number of hydrogen-bond donors (Lipinski definition) is 1.